The van der Waals surface area contributed by atoms with Crippen LogP contribution < -0.4 is 5.32 Å². The molecule has 0 atom stereocenters. The number of carbonyl (C=O) groups excluding carboxylic acids is 2. The van der Waals surface area contributed by atoms with E-state index in [9.17, 15) is 9.59 Å². The Hall–Kier alpha value is -3.26. The smallest absolute Gasteiger partial charge is 0.253 e. The van der Waals surface area contributed by atoms with Gasteiger partial charge in [0.05, 0.1) is 5.69 Å². The molecule has 162 valence electrons. The van der Waals surface area contributed by atoms with E-state index in [0.29, 0.717) is 22.7 Å². The predicted molar refractivity (Wildman–Crippen MR) is 120 cm³/mol. The van der Waals surface area contributed by atoms with Gasteiger partial charge >= 0.3 is 0 Å². The first-order chi connectivity index (χ1) is 14.9. The monoisotopic (exact) mass is 420 g/mol. The normalized spacial score (nSPS) is 15.3. The highest BCUT2D eigenvalue weighted by atomic mass is 16.2. The quantitative estimate of drug-likeness (QED) is 0.702. The van der Waals surface area contributed by atoms with Gasteiger partial charge in [0.2, 0.25) is 5.91 Å². The van der Waals surface area contributed by atoms with Crippen LogP contribution in [0.15, 0.2) is 42.6 Å². The van der Waals surface area contributed by atoms with Crippen molar-refractivity contribution >= 4 is 23.1 Å². The molecule has 31 heavy (non-hydrogen) atoms. The number of amides is 2. The van der Waals surface area contributed by atoms with Crippen molar-refractivity contribution in [1.82, 2.24) is 24.4 Å². The van der Waals surface area contributed by atoms with E-state index in [0.717, 1.165) is 38.2 Å². The average molecular weight is 421 g/mol. The Morgan fingerprint density at radius 3 is 2.48 bits per heavy atom. The van der Waals surface area contributed by atoms with E-state index in [-0.39, 0.29) is 17.7 Å². The van der Waals surface area contributed by atoms with Gasteiger partial charge in [0, 0.05) is 42.9 Å². The summed E-state index contributed by atoms with van der Waals surface area (Å²) in [5.41, 5.74) is 2.90. The van der Waals surface area contributed by atoms with Crippen molar-refractivity contribution in [1.29, 1.82) is 0 Å². The summed E-state index contributed by atoms with van der Waals surface area (Å²) < 4.78 is 1.84. The number of rotatable bonds is 4. The van der Waals surface area contributed by atoms with Crippen molar-refractivity contribution < 1.29 is 9.59 Å². The Bertz CT molecular complexity index is 1090. The maximum absolute atomic E-state index is 12.9. The van der Waals surface area contributed by atoms with Crippen molar-refractivity contribution in [3.8, 4) is 11.4 Å². The molecule has 2 aromatic heterocycles. The largest absolute Gasteiger partial charge is 0.337 e. The number of aromatic nitrogens is 3. The molecule has 1 fully saturated rings. The maximum atomic E-state index is 12.9. The van der Waals surface area contributed by atoms with Crippen LogP contribution in [0, 0.1) is 5.92 Å². The zero-order chi connectivity index (χ0) is 22.0. The highest BCUT2D eigenvalue weighted by Gasteiger charge is 2.19. The molecule has 3 aromatic rings. The minimum Gasteiger partial charge on any atom is -0.337 e. The van der Waals surface area contributed by atoms with Crippen LogP contribution in [0.25, 0.3) is 17.0 Å². The first kappa shape index (κ1) is 21.0. The molecule has 0 radical (unpaired) electrons. The molecular formula is C23H28N6O2. The zero-order valence-corrected chi connectivity index (χ0v) is 18.2. The number of fused-ring (bicyclic) bond motifs is 1. The molecule has 0 saturated carbocycles. The average Bonchev–Trinajstić information content (AvgIpc) is 3.06. The fraction of sp³-hybridized carbons (Fsp3) is 0.391. The van der Waals surface area contributed by atoms with Gasteiger partial charge in [-0.3, -0.25) is 14.0 Å². The molecular weight excluding hydrogens is 392 g/mol. The van der Waals surface area contributed by atoms with Gasteiger partial charge in [-0.1, -0.05) is 26.0 Å². The summed E-state index contributed by atoms with van der Waals surface area (Å²) in [6.45, 7) is 7.14. The third-order valence-electron chi connectivity index (χ3n) is 5.59. The number of anilines is 1. The lowest BCUT2D eigenvalue weighted by molar-refractivity contribution is -0.118. The van der Waals surface area contributed by atoms with Crippen molar-refractivity contribution in [2.75, 3.05) is 38.5 Å². The molecule has 1 aliphatic heterocycles. The van der Waals surface area contributed by atoms with E-state index < -0.39 is 0 Å². The standard InChI is InChI=1S/C23H28N6O2/c1-16(2)22(30)24-19-9-10-20-25-26-21(29(20)15-19)17-5-7-18(8-6-17)23(31)28-12-4-11-27(3)13-14-28/h5-10,15-16H,4,11-14H2,1-3H3,(H,24,30). The number of pyridine rings is 1. The third-order valence-corrected chi connectivity index (χ3v) is 5.59. The summed E-state index contributed by atoms with van der Waals surface area (Å²) in [5.74, 6) is 0.569. The van der Waals surface area contributed by atoms with E-state index in [1.165, 1.54) is 0 Å². The molecule has 0 unspecified atom stereocenters. The van der Waals surface area contributed by atoms with Gasteiger partial charge in [-0.2, -0.15) is 0 Å². The number of nitrogens with one attached hydrogen (secondary N) is 1. The van der Waals surface area contributed by atoms with Gasteiger partial charge in [0.1, 0.15) is 0 Å². The summed E-state index contributed by atoms with van der Waals surface area (Å²) in [4.78, 5) is 29.1. The Balaban J connectivity index is 1.56. The minimum absolute atomic E-state index is 0.0449. The van der Waals surface area contributed by atoms with Crippen LogP contribution in [0.3, 0.4) is 0 Å². The summed E-state index contributed by atoms with van der Waals surface area (Å²) in [6, 6.07) is 11.1. The van der Waals surface area contributed by atoms with Gasteiger partial charge < -0.3 is 15.1 Å². The molecule has 0 spiro atoms. The van der Waals surface area contributed by atoms with E-state index in [2.05, 4.69) is 27.5 Å². The van der Waals surface area contributed by atoms with Crippen molar-refractivity contribution in [3.63, 3.8) is 0 Å². The molecule has 8 nitrogen and oxygen atoms in total. The van der Waals surface area contributed by atoms with Crippen molar-refractivity contribution in [2.24, 2.45) is 5.92 Å². The molecule has 1 saturated heterocycles. The number of hydrogen-bond acceptors (Lipinski definition) is 5. The van der Waals surface area contributed by atoms with Gasteiger partial charge in [0.15, 0.2) is 11.5 Å². The maximum Gasteiger partial charge on any atom is 0.253 e. The van der Waals surface area contributed by atoms with Crippen LogP contribution in [0.2, 0.25) is 0 Å². The second-order valence-electron chi connectivity index (χ2n) is 8.34. The third kappa shape index (κ3) is 4.59. The lowest BCUT2D eigenvalue weighted by Gasteiger charge is -2.20. The molecule has 4 rings (SSSR count). The molecule has 3 heterocycles. The van der Waals surface area contributed by atoms with Crippen LogP contribution in [0.5, 0.6) is 0 Å². The number of carbonyl (C=O) groups is 2. The lowest BCUT2D eigenvalue weighted by atomic mass is 10.1. The molecule has 1 aromatic carbocycles. The molecule has 0 aliphatic carbocycles. The Labute approximate surface area is 181 Å². The molecule has 0 bridgehead atoms. The van der Waals surface area contributed by atoms with E-state index in [1.807, 2.05) is 65.7 Å². The topological polar surface area (TPSA) is 82.8 Å². The highest BCUT2D eigenvalue weighted by Crippen LogP contribution is 2.22. The summed E-state index contributed by atoms with van der Waals surface area (Å²) >= 11 is 0. The molecule has 1 N–H and O–H groups in total. The number of nitrogens with zero attached hydrogens (tertiary/aromatic N) is 5. The zero-order valence-electron chi connectivity index (χ0n) is 18.2. The lowest BCUT2D eigenvalue weighted by Crippen LogP contribution is -2.34. The summed E-state index contributed by atoms with van der Waals surface area (Å²) in [7, 11) is 2.09. The highest BCUT2D eigenvalue weighted by molar-refractivity contribution is 5.94. The SMILES string of the molecule is CC(C)C(=O)Nc1ccc2nnc(-c3ccc(C(=O)N4CCCN(C)CC4)cc3)n2c1. The van der Waals surface area contributed by atoms with Crippen LogP contribution in [0.1, 0.15) is 30.6 Å². The summed E-state index contributed by atoms with van der Waals surface area (Å²) in [5, 5.41) is 11.4. The second kappa shape index (κ2) is 8.85. The Kier molecular flexibility index (Phi) is 5.99. The van der Waals surface area contributed by atoms with Gasteiger partial charge in [-0.25, -0.2) is 0 Å². The fourth-order valence-electron chi connectivity index (χ4n) is 3.64. The van der Waals surface area contributed by atoms with Crippen molar-refractivity contribution in [3.05, 3.63) is 48.2 Å². The first-order valence-corrected chi connectivity index (χ1v) is 10.7. The minimum atomic E-state index is -0.106. The van der Waals surface area contributed by atoms with Crippen LogP contribution in [0.4, 0.5) is 5.69 Å². The molecule has 1 aliphatic rings. The summed E-state index contributed by atoms with van der Waals surface area (Å²) in [6.07, 6.45) is 2.81. The first-order valence-electron chi connectivity index (χ1n) is 10.7. The van der Waals surface area contributed by atoms with Gasteiger partial charge in [-0.15, -0.1) is 10.2 Å². The molecule has 8 heteroatoms. The number of benzene rings is 1. The second-order valence-corrected chi connectivity index (χ2v) is 8.34. The van der Waals surface area contributed by atoms with Gasteiger partial charge in [0.25, 0.3) is 5.91 Å². The number of hydrogen-bond donors (Lipinski definition) is 1. The van der Waals surface area contributed by atoms with Crippen LogP contribution >= 0.6 is 0 Å². The van der Waals surface area contributed by atoms with Crippen LogP contribution in [-0.2, 0) is 4.79 Å². The Morgan fingerprint density at radius 2 is 1.74 bits per heavy atom. The fourth-order valence-corrected chi connectivity index (χ4v) is 3.64. The van der Waals surface area contributed by atoms with E-state index in [1.54, 1.807) is 0 Å². The van der Waals surface area contributed by atoms with Gasteiger partial charge in [-0.05, 0) is 44.3 Å². The Morgan fingerprint density at radius 1 is 0.968 bits per heavy atom. The van der Waals surface area contributed by atoms with Crippen molar-refractivity contribution in [2.45, 2.75) is 20.3 Å². The number of likely N-dealkylation sites (N-methyl/N-ethyl adjacent to an activating group) is 1. The molecule has 2 amide bonds. The van der Waals surface area contributed by atoms with E-state index >= 15 is 0 Å². The van der Waals surface area contributed by atoms with Crippen LogP contribution in [-0.4, -0.2) is 69.4 Å². The predicted octanol–water partition coefficient (Wildman–Crippen LogP) is 2.77. The van der Waals surface area contributed by atoms with E-state index in [4.69, 9.17) is 0 Å².